The van der Waals surface area contributed by atoms with Crippen molar-refractivity contribution >= 4 is 37.1 Å². The maximum absolute atomic E-state index is 14.6. The molecule has 0 N–H and O–H groups in total. The summed E-state index contributed by atoms with van der Waals surface area (Å²) >= 11 is 6.08. The van der Waals surface area contributed by atoms with Crippen molar-refractivity contribution in [3.05, 3.63) is 125 Å². The average molecular weight is 663 g/mol. The number of hydrogen-bond acceptors (Lipinski definition) is 6. The van der Waals surface area contributed by atoms with E-state index in [1.165, 1.54) is 12.1 Å². The zero-order valence-electron chi connectivity index (χ0n) is 25.0. The molecule has 4 aromatic carbocycles. The van der Waals surface area contributed by atoms with Crippen LogP contribution in [0.15, 0.2) is 113 Å². The van der Waals surface area contributed by atoms with Crippen LogP contribution in [0.25, 0.3) is 0 Å². The zero-order chi connectivity index (χ0) is 31.9. The molecule has 2 aliphatic carbocycles. The van der Waals surface area contributed by atoms with E-state index in [0.717, 1.165) is 16.7 Å². The molecule has 0 spiro atoms. The van der Waals surface area contributed by atoms with Gasteiger partial charge in [-0.1, -0.05) is 71.8 Å². The summed E-state index contributed by atoms with van der Waals surface area (Å²) in [6.07, 6.45) is 0.288. The Labute approximate surface area is 270 Å². The summed E-state index contributed by atoms with van der Waals surface area (Å²) in [4.78, 5) is 14.4. The van der Waals surface area contributed by atoms with Crippen LogP contribution < -0.4 is 4.74 Å². The van der Waals surface area contributed by atoms with Crippen LogP contribution in [0.5, 0.6) is 5.75 Å². The number of carbonyl (C=O) groups excluding carboxylic acids is 1. The molecule has 0 amide bonds. The second kappa shape index (κ2) is 12.4. The number of hydrogen-bond donors (Lipinski definition) is 0. The summed E-state index contributed by atoms with van der Waals surface area (Å²) in [5, 5.41) is -1.42. The predicted molar refractivity (Wildman–Crippen MR) is 175 cm³/mol. The lowest BCUT2D eigenvalue weighted by Gasteiger charge is -2.48. The third kappa shape index (κ3) is 5.96. The van der Waals surface area contributed by atoms with E-state index in [9.17, 15) is 21.6 Å². The van der Waals surface area contributed by atoms with Crippen molar-refractivity contribution < 1.29 is 26.4 Å². The third-order valence-electron chi connectivity index (χ3n) is 9.65. The van der Waals surface area contributed by atoms with Crippen molar-refractivity contribution in [3.8, 4) is 5.75 Å². The van der Waals surface area contributed by atoms with Gasteiger partial charge in [0.1, 0.15) is 11.5 Å². The van der Waals surface area contributed by atoms with E-state index < -0.39 is 53.8 Å². The first-order valence-corrected chi connectivity index (χ1v) is 18.5. The zero-order valence-corrected chi connectivity index (χ0v) is 27.4. The van der Waals surface area contributed by atoms with Crippen molar-refractivity contribution in [2.45, 2.75) is 58.3 Å². The number of sulfone groups is 2. The lowest BCUT2D eigenvalue weighted by Crippen LogP contribution is -2.53. The van der Waals surface area contributed by atoms with E-state index in [4.69, 9.17) is 16.3 Å². The van der Waals surface area contributed by atoms with Crippen LogP contribution in [0.1, 0.15) is 47.8 Å². The fourth-order valence-corrected chi connectivity index (χ4v) is 11.8. The van der Waals surface area contributed by atoms with Crippen LogP contribution in [0, 0.1) is 18.8 Å². The number of benzene rings is 4. The van der Waals surface area contributed by atoms with Gasteiger partial charge in [-0.3, -0.25) is 4.79 Å². The lowest BCUT2D eigenvalue weighted by molar-refractivity contribution is -0.128. The van der Waals surface area contributed by atoms with E-state index in [-0.39, 0.29) is 34.8 Å². The minimum atomic E-state index is -3.94. The van der Waals surface area contributed by atoms with E-state index in [2.05, 4.69) is 0 Å². The highest BCUT2D eigenvalue weighted by Crippen LogP contribution is 2.54. The number of Topliss-reactive ketones (excluding diaryl/α,β-unsaturated/α-hetero) is 1. The quantitative estimate of drug-likeness (QED) is 0.208. The molecule has 0 heterocycles. The summed E-state index contributed by atoms with van der Waals surface area (Å²) in [5.41, 5.74) is 2.59. The van der Waals surface area contributed by atoms with Gasteiger partial charge in [0.05, 0.1) is 27.4 Å². The predicted octanol–water partition coefficient (Wildman–Crippen LogP) is 7.21. The molecular weight excluding hydrogens is 628 g/mol. The Morgan fingerprint density at radius 2 is 1.24 bits per heavy atom. The Balaban J connectivity index is 1.50. The van der Waals surface area contributed by atoms with Gasteiger partial charge in [0.2, 0.25) is 0 Å². The summed E-state index contributed by atoms with van der Waals surface area (Å²) in [6, 6.07) is 29.4. The van der Waals surface area contributed by atoms with Crippen LogP contribution in [0.4, 0.5) is 0 Å². The Kier molecular flexibility index (Phi) is 8.67. The number of rotatable bonds is 7. The van der Waals surface area contributed by atoms with Crippen molar-refractivity contribution in [2.24, 2.45) is 11.8 Å². The van der Waals surface area contributed by atoms with Crippen molar-refractivity contribution in [1.82, 2.24) is 0 Å². The van der Waals surface area contributed by atoms with Crippen molar-refractivity contribution in [3.63, 3.8) is 0 Å². The van der Waals surface area contributed by atoms with Gasteiger partial charge >= 0.3 is 0 Å². The fraction of sp³-hybridized carbons (Fsp3) is 0.306. The molecule has 0 aromatic heterocycles. The molecule has 6 atom stereocenters. The van der Waals surface area contributed by atoms with E-state index in [1.54, 1.807) is 61.7 Å². The highest BCUT2D eigenvalue weighted by atomic mass is 35.5. The van der Waals surface area contributed by atoms with Crippen LogP contribution >= 0.6 is 11.6 Å². The first kappa shape index (κ1) is 31.5. The van der Waals surface area contributed by atoms with E-state index >= 15 is 0 Å². The molecule has 4 aromatic rings. The summed E-state index contributed by atoms with van der Waals surface area (Å²) in [5.74, 6) is -1.91. The van der Waals surface area contributed by atoms with Gasteiger partial charge in [-0.05, 0) is 85.3 Å². The van der Waals surface area contributed by atoms with Gasteiger partial charge in [0.25, 0.3) is 0 Å². The Hall–Kier alpha value is -3.46. The molecule has 2 aliphatic rings. The molecule has 9 heteroatoms. The number of methoxy groups -OCH3 is 1. The van der Waals surface area contributed by atoms with Gasteiger partial charge in [-0.2, -0.15) is 0 Å². The number of ketones is 1. The Bertz CT molecular complexity index is 1890. The van der Waals surface area contributed by atoms with Crippen LogP contribution in [-0.4, -0.2) is 40.2 Å². The first-order chi connectivity index (χ1) is 21.5. The highest BCUT2D eigenvalue weighted by Gasteiger charge is 2.56. The van der Waals surface area contributed by atoms with Gasteiger partial charge < -0.3 is 4.74 Å². The fourth-order valence-electron chi connectivity index (χ4n) is 7.39. The topological polar surface area (TPSA) is 94.6 Å². The molecule has 0 bridgehead atoms. The van der Waals surface area contributed by atoms with Crippen LogP contribution in [0.2, 0.25) is 5.02 Å². The smallest absolute Gasteiger partial charge is 0.182 e. The molecular formula is C36H35ClO6S2. The van der Waals surface area contributed by atoms with Crippen LogP contribution in [-0.2, 0) is 24.5 Å². The molecule has 0 radical (unpaired) electrons. The number of halogens is 1. The van der Waals surface area contributed by atoms with Gasteiger partial charge in [0, 0.05) is 29.2 Å². The minimum Gasteiger partial charge on any atom is -0.497 e. The number of ether oxygens (including phenoxy) is 1. The third-order valence-corrected chi connectivity index (χ3v) is 14.5. The second-order valence-corrected chi connectivity index (χ2v) is 16.9. The second-order valence-electron chi connectivity index (χ2n) is 12.2. The van der Waals surface area contributed by atoms with Crippen molar-refractivity contribution in [1.29, 1.82) is 0 Å². The van der Waals surface area contributed by atoms with Gasteiger partial charge in [-0.15, -0.1) is 0 Å². The maximum Gasteiger partial charge on any atom is 0.182 e. The summed E-state index contributed by atoms with van der Waals surface area (Å²) in [6.45, 7) is 1.96. The lowest BCUT2D eigenvalue weighted by atomic mass is 9.61. The average Bonchev–Trinajstić information content (AvgIpc) is 3.05. The number of carbonyl (C=O) groups is 1. The van der Waals surface area contributed by atoms with Gasteiger partial charge in [0.15, 0.2) is 19.7 Å². The molecule has 2 fully saturated rings. The first-order valence-electron chi connectivity index (χ1n) is 15.0. The number of fused-ring (bicyclic) bond motifs is 1. The Morgan fingerprint density at radius 3 is 1.87 bits per heavy atom. The molecule has 45 heavy (non-hydrogen) atoms. The molecule has 234 valence electrons. The largest absolute Gasteiger partial charge is 0.497 e. The number of aryl methyl sites for hydroxylation is 1. The van der Waals surface area contributed by atoms with E-state index in [0.29, 0.717) is 10.8 Å². The minimum absolute atomic E-state index is 0.00708. The summed E-state index contributed by atoms with van der Waals surface area (Å²) in [7, 11) is -6.29. The maximum atomic E-state index is 14.6. The summed E-state index contributed by atoms with van der Waals surface area (Å²) < 4.78 is 63.1. The molecule has 0 aliphatic heterocycles. The van der Waals surface area contributed by atoms with E-state index in [1.807, 2.05) is 43.3 Å². The SMILES string of the molecule is COc1ccc([C@@H]2CC(=O)[C@@H]3CC(S(=O)(=O)c4ccc(Cl)cc4)[C@H](c4ccc(C)cc4)C[C@@H]3C2S(=O)(=O)c2ccccc2)cc1. The normalized spacial score (nSPS) is 25.4. The molecule has 6 nitrogen and oxygen atoms in total. The molecule has 2 unspecified atom stereocenters. The molecule has 0 saturated heterocycles. The highest BCUT2D eigenvalue weighted by molar-refractivity contribution is 7.92. The van der Waals surface area contributed by atoms with Crippen LogP contribution in [0.3, 0.4) is 0 Å². The standard InChI is InChI=1S/C36H35ClO6S2/c1-23-8-10-24(11-9-23)30-20-33-32(22-35(30)44(39,40)29-18-14-26(37)15-19-29)34(38)21-31(25-12-16-27(43-2)17-13-25)36(33)45(41,42)28-6-4-3-5-7-28/h3-19,30-33,35-36H,20-22H2,1-2H3/t30-,31-,32+,33-,35?,36?/m0/s1. The van der Waals surface area contributed by atoms with Gasteiger partial charge in [-0.25, -0.2) is 16.8 Å². The molecule has 6 rings (SSSR count). The Morgan fingerprint density at radius 1 is 0.667 bits per heavy atom. The monoisotopic (exact) mass is 662 g/mol. The van der Waals surface area contributed by atoms with Crippen molar-refractivity contribution in [2.75, 3.05) is 7.11 Å². The molecule has 2 saturated carbocycles.